The highest BCUT2D eigenvalue weighted by Crippen LogP contribution is 2.38. The molecule has 1 rings (SSSR count). The number of rotatable bonds is 4. The van der Waals surface area contributed by atoms with E-state index < -0.39 is 0 Å². The van der Waals surface area contributed by atoms with Gasteiger partial charge in [0.15, 0.2) is 0 Å². The van der Waals surface area contributed by atoms with Gasteiger partial charge in [0.05, 0.1) is 5.02 Å². The monoisotopic (exact) mass is 317 g/mol. The molecule has 0 bridgehead atoms. The van der Waals surface area contributed by atoms with Crippen LogP contribution in [-0.4, -0.2) is 6.54 Å². The smallest absolute Gasteiger partial charge is 0.0596 e. The second-order valence-electron chi connectivity index (χ2n) is 5.40. The minimum atomic E-state index is 0.138. The van der Waals surface area contributed by atoms with Crippen molar-refractivity contribution in [1.82, 2.24) is 5.32 Å². The number of hydrogen-bond acceptors (Lipinski definition) is 1. The van der Waals surface area contributed by atoms with Crippen molar-refractivity contribution in [2.24, 2.45) is 5.41 Å². The van der Waals surface area contributed by atoms with Crippen LogP contribution in [-0.2, 0) is 0 Å². The first-order valence-corrected chi connectivity index (χ1v) is 7.22. The van der Waals surface area contributed by atoms with E-state index in [2.05, 4.69) is 55.0 Å². The fourth-order valence-electron chi connectivity index (χ4n) is 1.91. The van der Waals surface area contributed by atoms with Crippen LogP contribution >= 0.6 is 27.5 Å². The molecule has 1 nitrogen and oxygen atoms in total. The Balaban J connectivity index is 3.09. The Bertz CT molecular complexity index is 371. The third-order valence-electron chi connectivity index (χ3n) is 2.76. The van der Waals surface area contributed by atoms with Crippen molar-refractivity contribution in [3.05, 3.63) is 33.3 Å². The Morgan fingerprint density at radius 2 is 2.00 bits per heavy atom. The van der Waals surface area contributed by atoms with E-state index in [1.54, 1.807) is 0 Å². The number of nitrogens with one attached hydrogen (secondary N) is 1. The van der Waals surface area contributed by atoms with E-state index in [9.17, 15) is 0 Å². The van der Waals surface area contributed by atoms with Crippen molar-refractivity contribution >= 4 is 27.5 Å². The highest BCUT2D eigenvalue weighted by molar-refractivity contribution is 9.10. The summed E-state index contributed by atoms with van der Waals surface area (Å²) in [6, 6.07) is 6.39. The Kier molecular flexibility index (Phi) is 5.49. The number of halogens is 2. The standard InChI is InChI=1S/C14H21BrClN/c1-5-9-17-13(14(2,3)4)10-7-6-8-11(15)12(10)16/h6-8,13,17H,5,9H2,1-4H3. The van der Waals surface area contributed by atoms with Gasteiger partial charge in [0.25, 0.3) is 0 Å². The van der Waals surface area contributed by atoms with Gasteiger partial charge in [0, 0.05) is 10.5 Å². The van der Waals surface area contributed by atoms with Gasteiger partial charge in [-0.05, 0) is 45.9 Å². The molecule has 0 saturated carbocycles. The topological polar surface area (TPSA) is 12.0 Å². The molecule has 17 heavy (non-hydrogen) atoms. The maximum absolute atomic E-state index is 6.39. The fraction of sp³-hybridized carbons (Fsp3) is 0.571. The summed E-state index contributed by atoms with van der Waals surface area (Å²) in [6.45, 7) is 9.88. The van der Waals surface area contributed by atoms with Crippen LogP contribution in [0.2, 0.25) is 5.02 Å². The molecule has 1 aromatic rings. The lowest BCUT2D eigenvalue weighted by Crippen LogP contribution is -2.33. The number of benzene rings is 1. The molecule has 0 aliphatic carbocycles. The Labute approximate surface area is 118 Å². The highest BCUT2D eigenvalue weighted by atomic mass is 79.9. The van der Waals surface area contributed by atoms with Crippen molar-refractivity contribution in [2.45, 2.75) is 40.2 Å². The molecular weight excluding hydrogens is 298 g/mol. The Hall–Kier alpha value is -0.0500. The van der Waals surface area contributed by atoms with Gasteiger partial charge in [0.1, 0.15) is 0 Å². The van der Waals surface area contributed by atoms with Crippen molar-refractivity contribution in [3.63, 3.8) is 0 Å². The molecule has 0 saturated heterocycles. The van der Waals surface area contributed by atoms with E-state index in [1.165, 1.54) is 5.56 Å². The minimum Gasteiger partial charge on any atom is -0.309 e. The third kappa shape index (κ3) is 3.97. The molecule has 0 radical (unpaired) electrons. The van der Waals surface area contributed by atoms with Crippen molar-refractivity contribution in [1.29, 1.82) is 0 Å². The quantitative estimate of drug-likeness (QED) is 0.805. The van der Waals surface area contributed by atoms with Crippen LogP contribution < -0.4 is 5.32 Å². The van der Waals surface area contributed by atoms with Crippen molar-refractivity contribution in [2.75, 3.05) is 6.54 Å². The zero-order valence-corrected chi connectivity index (χ0v) is 13.3. The Morgan fingerprint density at radius 1 is 1.35 bits per heavy atom. The van der Waals surface area contributed by atoms with Crippen LogP contribution in [0.25, 0.3) is 0 Å². The lowest BCUT2D eigenvalue weighted by atomic mass is 9.82. The number of hydrogen-bond donors (Lipinski definition) is 1. The molecule has 1 unspecified atom stereocenters. The molecule has 0 fully saturated rings. The summed E-state index contributed by atoms with van der Waals surface area (Å²) >= 11 is 9.88. The van der Waals surface area contributed by atoms with E-state index in [4.69, 9.17) is 11.6 Å². The summed E-state index contributed by atoms with van der Waals surface area (Å²) in [6.07, 6.45) is 1.12. The SMILES string of the molecule is CCCNC(c1cccc(Br)c1Cl)C(C)(C)C. The first-order chi connectivity index (χ1) is 7.88. The largest absolute Gasteiger partial charge is 0.309 e. The molecule has 3 heteroatoms. The second kappa shape index (κ2) is 6.21. The molecule has 0 amide bonds. The van der Waals surface area contributed by atoms with Crippen molar-refractivity contribution in [3.8, 4) is 0 Å². The van der Waals surface area contributed by atoms with Gasteiger partial charge in [-0.15, -0.1) is 0 Å². The third-order valence-corrected chi connectivity index (χ3v) is 4.07. The minimum absolute atomic E-state index is 0.138. The van der Waals surface area contributed by atoms with Crippen LogP contribution in [0.4, 0.5) is 0 Å². The molecule has 1 N–H and O–H groups in total. The second-order valence-corrected chi connectivity index (χ2v) is 6.63. The normalized spacial score (nSPS) is 13.8. The molecule has 0 spiro atoms. The molecular formula is C14H21BrClN. The lowest BCUT2D eigenvalue weighted by Gasteiger charge is -2.33. The van der Waals surface area contributed by atoms with Gasteiger partial charge in [0.2, 0.25) is 0 Å². The van der Waals surface area contributed by atoms with Gasteiger partial charge in [-0.2, -0.15) is 0 Å². The summed E-state index contributed by atoms with van der Waals surface area (Å²) in [5.74, 6) is 0. The molecule has 0 heterocycles. The maximum Gasteiger partial charge on any atom is 0.0596 e. The van der Waals surface area contributed by atoms with E-state index in [-0.39, 0.29) is 11.5 Å². The van der Waals surface area contributed by atoms with Gasteiger partial charge < -0.3 is 5.32 Å². The van der Waals surface area contributed by atoms with E-state index >= 15 is 0 Å². The molecule has 0 aliphatic heterocycles. The molecule has 0 aliphatic rings. The van der Waals surface area contributed by atoms with E-state index in [1.807, 2.05) is 12.1 Å². The average molecular weight is 319 g/mol. The Morgan fingerprint density at radius 3 is 2.53 bits per heavy atom. The zero-order chi connectivity index (χ0) is 13.1. The summed E-state index contributed by atoms with van der Waals surface area (Å²) in [5, 5.41) is 4.40. The van der Waals surface area contributed by atoms with Gasteiger partial charge in [-0.25, -0.2) is 0 Å². The van der Waals surface area contributed by atoms with Gasteiger partial charge in [-0.3, -0.25) is 0 Å². The predicted octanol–water partition coefficient (Wildman–Crippen LogP) is 5.19. The fourth-order valence-corrected chi connectivity index (χ4v) is 2.53. The van der Waals surface area contributed by atoms with E-state index in [0.29, 0.717) is 0 Å². The van der Waals surface area contributed by atoms with Crippen LogP contribution in [0.5, 0.6) is 0 Å². The average Bonchev–Trinajstić information content (AvgIpc) is 2.22. The van der Waals surface area contributed by atoms with Crippen molar-refractivity contribution < 1.29 is 0 Å². The first kappa shape index (κ1) is 15.0. The molecule has 1 atom stereocenters. The lowest BCUT2D eigenvalue weighted by molar-refractivity contribution is 0.273. The predicted molar refractivity (Wildman–Crippen MR) is 79.6 cm³/mol. The first-order valence-electron chi connectivity index (χ1n) is 6.05. The summed E-state index contributed by atoms with van der Waals surface area (Å²) in [4.78, 5) is 0. The molecule has 1 aromatic carbocycles. The summed E-state index contributed by atoms with van der Waals surface area (Å²) in [5.41, 5.74) is 1.31. The van der Waals surface area contributed by atoms with Crippen LogP contribution in [0.15, 0.2) is 22.7 Å². The zero-order valence-electron chi connectivity index (χ0n) is 11.0. The van der Waals surface area contributed by atoms with Gasteiger partial charge in [-0.1, -0.05) is 51.4 Å². The van der Waals surface area contributed by atoms with Crippen LogP contribution in [0.1, 0.15) is 45.7 Å². The summed E-state index contributed by atoms with van der Waals surface area (Å²) < 4.78 is 0.962. The van der Waals surface area contributed by atoms with Crippen LogP contribution in [0.3, 0.4) is 0 Å². The molecule has 96 valence electrons. The molecule has 0 aromatic heterocycles. The highest BCUT2D eigenvalue weighted by Gasteiger charge is 2.27. The maximum atomic E-state index is 6.39. The summed E-state index contributed by atoms with van der Waals surface area (Å²) in [7, 11) is 0. The van der Waals surface area contributed by atoms with Crippen LogP contribution in [0, 0.1) is 5.41 Å². The van der Waals surface area contributed by atoms with Gasteiger partial charge >= 0.3 is 0 Å². The van der Waals surface area contributed by atoms with E-state index in [0.717, 1.165) is 22.5 Å².